The van der Waals surface area contributed by atoms with Gasteiger partial charge < -0.3 is 15.2 Å². The highest BCUT2D eigenvalue weighted by Gasteiger charge is 2.05. The van der Waals surface area contributed by atoms with Crippen LogP contribution in [-0.2, 0) is 13.2 Å². The van der Waals surface area contributed by atoms with E-state index in [1.807, 2.05) is 48.5 Å². The van der Waals surface area contributed by atoms with Crippen LogP contribution in [0.4, 0.5) is 0 Å². The third-order valence-electron chi connectivity index (χ3n) is 3.56. The Hall–Kier alpha value is -1.55. The largest absolute Gasteiger partial charge is 0.489 e. The van der Waals surface area contributed by atoms with E-state index in [1.165, 1.54) is 0 Å². The van der Waals surface area contributed by atoms with Crippen LogP contribution >= 0.6 is 11.6 Å². The fourth-order valence-corrected chi connectivity index (χ4v) is 2.31. The van der Waals surface area contributed by atoms with Crippen molar-refractivity contribution < 1.29 is 9.84 Å². The van der Waals surface area contributed by atoms with Gasteiger partial charge in [-0.05, 0) is 30.2 Å². The van der Waals surface area contributed by atoms with Crippen LogP contribution in [0.3, 0.4) is 0 Å². The fraction of sp³-hybridized carbons (Fsp3) is 0.333. The van der Waals surface area contributed by atoms with Gasteiger partial charge in [-0.25, -0.2) is 0 Å². The standard InChI is InChI=1S/C18H22ClNO2/c1-2-16(12-21)20-11-14-6-5-8-17(10-14)22-13-15-7-3-4-9-18(15)19/h3-10,16,20-21H,2,11-13H2,1H3/t16-/m0/s1. The number of halogens is 1. The average molecular weight is 320 g/mol. The van der Waals surface area contributed by atoms with E-state index in [0.29, 0.717) is 18.2 Å². The van der Waals surface area contributed by atoms with Crippen LogP contribution in [0.2, 0.25) is 5.02 Å². The lowest BCUT2D eigenvalue weighted by molar-refractivity contribution is 0.238. The molecule has 0 unspecified atom stereocenters. The fourth-order valence-electron chi connectivity index (χ4n) is 2.12. The van der Waals surface area contributed by atoms with E-state index >= 15 is 0 Å². The zero-order valence-electron chi connectivity index (χ0n) is 12.8. The Bertz CT molecular complexity index is 585. The molecule has 1 atom stereocenters. The van der Waals surface area contributed by atoms with Gasteiger partial charge in [0.15, 0.2) is 0 Å². The van der Waals surface area contributed by atoms with Gasteiger partial charge in [-0.1, -0.05) is 48.9 Å². The van der Waals surface area contributed by atoms with Crippen molar-refractivity contribution in [1.82, 2.24) is 5.32 Å². The summed E-state index contributed by atoms with van der Waals surface area (Å²) >= 11 is 6.12. The minimum absolute atomic E-state index is 0.132. The summed E-state index contributed by atoms with van der Waals surface area (Å²) in [7, 11) is 0. The molecule has 22 heavy (non-hydrogen) atoms. The third kappa shape index (κ3) is 5.02. The number of aliphatic hydroxyl groups excluding tert-OH is 1. The van der Waals surface area contributed by atoms with Crippen molar-refractivity contribution in [3.05, 3.63) is 64.7 Å². The van der Waals surface area contributed by atoms with Crippen LogP contribution in [0.1, 0.15) is 24.5 Å². The van der Waals surface area contributed by atoms with Crippen molar-refractivity contribution >= 4 is 11.6 Å². The first kappa shape index (κ1) is 16.8. The average Bonchev–Trinajstić information content (AvgIpc) is 2.55. The number of benzene rings is 2. The summed E-state index contributed by atoms with van der Waals surface area (Å²) in [6.07, 6.45) is 0.902. The van der Waals surface area contributed by atoms with Crippen molar-refractivity contribution in [2.75, 3.05) is 6.61 Å². The second-order valence-corrected chi connectivity index (χ2v) is 5.60. The molecule has 0 aliphatic rings. The van der Waals surface area contributed by atoms with E-state index in [4.69, 9.17) is 16.3 Å². The maximum atomic E-state index is 9.20. The lowest BCUT2D eigenvalue weighted by Crippen LogP contribution is -2.31. The predicted octanol–water partition coefficient (Wildman–Crippen LogP) is 3.78. The zero-order chi connectivity index (χ0) is 15.8. The lowest BCUT2D eigenvalue weighted by Gasteiger charge is -2.14. The molecule has 0 aromatic heterocycles. The smallest absolute Gasteiger partial charge is 0.120 e. The number of hydrogen-bond acceptors (Lipinski definition) is 3. The first-order chi connectivity index (χ1) is 10.7. The Morgan fingerprint density at radius 1 is 1.18 bits per heavy atom. The van der Waals surface area contributed by atoms with Crippen LogP contribution in [-0.4, -0.2) is 17.8 Å². The van der Waals surface area contributed by atoms with Crippen molar-refractivity contribution in [3.63, 3.8) is 0 Å². The molecule has 118 valence electrons. The van der Waals surface area contributed by atoms with Gasteiger partial charge in [0.1, 0.15) is 12.4 Å². The Morgan fingerprint density at radius 3 is 2.73 bits per heavy atom. The number of hydrogen-bond donors (Lipinski definition) is 2. The number of nitrogens with one attached hydrogen (secondary N) is 1. The summed E-state index contributed by atoms with van der Waals surface area (Å²) in [5.74, 6) is 0.816. The van der Waals surface area contributed by atoms with E-state index in [-0.39, 0.29) is 12.6 Å². The number of rotatable bonds is 8. The molecule has 3 nitrogen and oxygen atoms in total. The van der Waals surface area contributed by atoms with Crippen LogP contribution < -0.4 is 10.1 Å². The van der Waals surface area contributed by atoms with Crippen LogP contribution in [0, 0.1) is 0 Å². The van der Waals surface area contributed by atoms with Crippen molar-refractivity contribution in [3.8, 4) is 5.75 Å². The van der Waals surface area contributed by atoms with E-state index in [2.05, 4.69) is 12.2 Å². The molecule has 0 bridgehead atoms. The molecule has 0 saturated heterocycles. The molecule has 2 aromatic rings. The molecule has 4 heteroatoms. The first-order valence-electron chi connectivity index (χ1n) is 7.52. The lowest BCUT2D eigenvalue weighted by atomic mass is 10.2. The predicted molar refractivity (Wildman–Crippen MR) is 90.2 cm³/mol. The van der Waals surface area contributed by atoms with Gasteiger partial charge in [0.05, 0.1) is 6.61 Å². The van der Waals surface area contributed by atoms with Gasteiger partial charge in [-0.3, -0.25) is 0 Å². The Kier molecular flexibility index (Phi) is 6.72. The highest BCUT2D eigenvalue weighted by Crippen LogP contribution is 2.19. The highest BCUT2D eigenvalue weighted by atomic mass is 35.5. The second-order valence-electron chi connectivity index (χ2n) is 5.20. The van der Waals surface area contributed by atoms with E-state index in [1.54, 1.807) is 0 Å². The third-order valence-corrected chi connectivity index (χ3v) is 3.93. The van der Waals surface area contributed by atoms with Gasteiger partial charge in [-0.15, -0.1) is 0 Å². The normalized spacial score (nSPS) is 12.1. The van der Waals surface area contributed by atoms with E-state index in [0.717, 1.165) is 23.3 Å². The molecule has 0 aliphatic heterocycles. The van der Waals surface area contributed by atoms with E-state index in [9.17, 15) is 5.11 Å². The molecular formula is C18H22ClNO2. The van der Waals surface area contributed by atoms with Gasteiger partial charge in [0.25, 0.3) is 0 Å². The zero-order valence-corrected chi connectivity index (χ0v) is 13.5. The Balaban J connectivity index is 1.92. The summed E-state index contributed by atoms with van der Waals surface area (Å²) < 4.78 is 5.81. The molecule has 0 saturated carbocycles. The van der Waals surface area contributed by atoms with Gasteiger partial charge in [0.2, 0.25) is 0 Å². The van der Waals surface area contributed by atoms with E-state index < -0.39 is 0 Å². The molecule has 2 N–H and O–H groups in total. The summed E-state index contributed by atoms with van der Waals surface area (Å²) in [6, 6.07) is 15.8. The second kappa shape index (κ2) is 8.79. The number of ether oxygens (including phenoxy) is 1. The molecule has 0 spiro atoms. The van der Waals surface area contributed by atoms with Crippen LogP contribution in [0.15, 0.2) is 48.5 Å². The quantitative estimate of drug-likeness (QED) is 0.778. The molecule has 0 heterocycles. The minimum Gasteiger partial charge on any atom is -0.489 e. The molecule has 0 fully saturated rings. The molecule has 0 aliphatic carbocycles. The van der Waals surface area contributed by atoms with Crippen LogP contribution in [0.25, 0.3) is 0 Å². The summed E-state index contributed by atoms with van der Waals surface area (Å²) in [6.45, 7) is 3.36. The first-order valence-corrected chi connectivity index (χ1v) is 7.90. The molecule has 2 rings (SSSR count). The van der Waals surface area contributed by atoms with Crippen LogP contribution in [0.5, 0.6) is 5.75 Å². The van der Waals surface area contributed by atoms with Crippen molar-refractivity contribution in [2.45, 2.75) is 32.5 Å². The topological polar surface area (TPSA) is 41.5 Å². The van der Waals surface area contributed by atoms with Crippen molar-refractivity contribution in [2.24, 2.45) is 0 Å². The Labute approximate surface area is 136 Å². The van der Waals surface area contributed by atoms with Crippen molar-refractivity contribution in [1.29, 1.82) is 0 Å². The van der Waals surface area contributed by atoms with Gasteiger partial charge in [0, 0.05) is 23.2 Å². The molecule has 0 amide bonds. The van der Waals surface area contributed by atoms with Gasteiger partial charge >= 0.3 is 0 Å². The SMILES string of the molecule is CC[C@@H](CO)NCc1cccc(OCc2ccccc2Cl)c1. The minimum atomic E-state index is 0.132. The number of aliphatic hydroxyl groups is 1. The summed E-state index contributed by atoms with van der Waals surface area (Å²) in [5, 5.41) is 13.2. The highest BCUT2D eigenvalue weighted by molar-refractivity contribution is 6.31. The summed E-state index contributed by atoms with van der Waals surface area (Å²) in [5.41, 5.74) is 2.10. The molecular weight excluding hydrogens is 298 g/mol. The van der Waals surface area contributed by atoms with Gasteiger partial charge in [-0.2, -0.15) is 0 Å². The maximum Gasteiger partial charge on any atom is 0.120 e. The maximum absolute atomic E-state index is 9.20. The Morgan fingerprint density at radius 2 is 2.00 bits per heavy atom. The molecule has 0 radical (unpaired) electrons. The molecule has 2 aromatic carbocycles. The summed E-state index contributed by atoms with van der Waals surface area (Å²) in [4.78, 5) is 0. The monoisotopic (exact) mass is 319 g/mol.